The average molecular weight is 327 g/mol. The second-order valence-corrected chi connectivity index (χ2v) is 5.96. The number of nitrogens with zero attached hydrogens (tertiary/aromatic N) is 2. The smallest absolute Gasteiger partial charge is 0.286 e. The van der Waals surface area contributed by atoms with Gasteiger partial charge in [0.1, 0.15) is 5.82 Å². The summed E-state index contributed by atoms with van der Waals surface area (Å²) in [6.45, 7) is 2.64. The van der Waals surface area contributed by atoms with E-state index in [1.165, 1.54) is 30.0 Å². The van der Waals surface area contributed by atoms with Crippen LogP contribution in [0.1, 0.15) is 5.56 Å². The Morgan fingerprint density at radius 3 is 2.86 bits per heavy atom. The molecular formula is C14H12ClFN2O2S. The number of aliphatic imine (C=N–C) groups is 1. The number of ether oxygens (including phenoxy) is 1. The van der Waals surface area contributed by atoms with Crippen molar-refractivity contribution in [1.29, 1.82) is 0 Å². The van der Waals surface area contributed by atoms with Gasteiger partial charge in [-0.25, -0.2) is 4.39 Å². The van der Waals surface area contributed by atoms with E-state index in [9.17, 15) is 9.18 Å². The second-order valence-electron chi connectivity index (χ2n) is 4.54. The summed E-state index contributed by atoms with van der Waals surface area (Å²) in [7, 11) is 0. The molecule has 3 rings (SSSR count). The van der Waals surface area contributed by atoms with Gasteiger partial charge in [0, 0.05) is 18.7 Å². The van der Waals surface area contributed by atoms with Crippen LogP contribution in [0.2, 0.25) is 5.02 Å². The summed E-state index contributed by atoms with van der Waals surface area (Å²) in [5.74, 6) is -0.816. The van der Waals surface area contributed by atoms with Crippen LogP contribution < -0.4 is 0 Å². The van der Waals surface area contributed by atoms with Crippen molar-refractivity contribution in [2.75, 3.05) is 26.3 Å². The largest absolute Gasteiger partial charge is 0.378 e. The zero-order chi connectivity index (χ0) is 14.8. The van der Waals surface area contributed by atoms with E-state index in [1.807, 2.05) is 4.90 Å². The van der Waals surface area contributed by atoms with Crippen molar-refractivity contribution >= 4 is 40.5 Å². The molecule has 2 aliphatic rings. The number of hydrogen-bond donors (Lipinski definition) is 0. The van der Waals surface area contributed by atoms with Gasteiger partial charge in [-0.2, -0.15) is 4.99 Å². The lowest BCUT2D eigenvalue weighted by Crippen LogP contribution is -2.38. The fourth-order valence-electron chi connectivity index (χ4n) is 2.07. The van der Waals surface area contributed by atoms with E-state index in [2.05, 4.69) is 4.99 Å². The van der Waals surface area contributed by atoms with Crippen molar-refractivity contribution in [3.8, 4) is 0 Å². The normalized spacial score (nSPS) is 21.0. The number of carbonyl (C=O) groups excluding carboxylic acids is 1. The van der Waals surface area contributed by atoms with Gasteiger partial charge in [-0.15, -0.1) is 0 Å². The highest BCUT2D eigenvalue weighted by molar-refractivity contribution is 8.18. The summed E-state index contributed by atoms with van der Waals surface area (Å²) in [5.41, 5.74) is 0.216. The maximum Gasteiger partial charge on any atom is 0.286 e. The first-order valence-corrected chi connectivity index (χ1v) is 7.64. The molecule has 7 heteroatoms. The third kappa shape index (κ3) is 3.12. The number of rotatable bonds is 1. The van der Waals surface area contributed by atoms with Gasteiger partial charge in [-0.05, 0) is 30.0 Å². The first-order chi connectivity index (χ1) is 10.1. The maximum atomic E-state index is 13.8. The number of halogens is 2. The van der Waals surface area contributed by atoms with E-state index in [4.69, 9.17) is 16.3 Å². The molecule has 0 radical (unpaired) electrons. The molecule has 2 heterocycles. The van der Waals surface area contributed by atoms with Gasteiger partial charge in [-0.3, -0.25) is 4.79 Å². The number of benzene rings is 1. The molecule has 0 saturated carbocycles. The van der Waals surface area contributed by atoms with Crippen LogP contribution in [0.4, 0.5) is 4.39 Å². The van der Waals surface area contributed by atoms with Gasteiger partial charge in [0.05, 0.1) is 23.1 Å². The van der Waals surface area contributed by atoms with E-state index in [0.717, 1.165) is 0 Å². The zero-order valence-corrected chi connectivity index (χ0v) is 12.6. The van der Waals surface area contributed by atoms with Crippen molar-refractivity contribution in [2.45, 2.75) is 0 Å². The Kier molecular flexibility index (Phi) is 4.28. The van der Waals surface area contributed by atoms with Gasteiger partial charge in [0.2, 0.25) is 0 Å². The lowest BCUT2D eigenvalue weighted by molar-refractivity contribution is -0.113. The molecule has 4 nitrogen and oxygen atoms in total. The molecule has 0 spiro atoms. The summed E-state index contributed by atoms with van der Waals surface area (Å²) in [6.07, 6.45) is 1.46. The lowest BCUT2D eigenvalue weighted by Gasteiger charge is -2.27. The fraction of sp³-hybridized carbons (Fsp3) is 0.286. The number of thioether (sulfide) groups is 1. The molecule has 0 aromatic heterocycles. The van der Waals surface area contributed by atoms with Crippen LogP contribution in [0.15, 0.2) is 28.1 Å². The molecule has 0 aliphatic carbocycles. The van der Waals surface area contributed by atoms with E-state index < -0.39 is 5.82 Å². The SMILES string of the molecule is O=C1N=C(N2CCOCC2)S/C1=C/c1c(F)cccc1Cl. The molecule has 1 amide bonds. The quantitative estimate of drug-likeness (QED) is 0.744. The Hall–Kier alpha value is -1.37. The minimum absolute atomic E-state index is 0.216. The Bertz CT molecular complexity index is 622. The van der Waals surface area contributed by atoms with Crippen LogP contribution in [0.3, 0.4) is 0 Å². The molecule has 21 heavy (non-hydrogen) atoms. The third-order valence-corrected chi connectivity index (χ3v) is 4.54. The van der Waals surface area contributed by atoms with Crippen LogP contribution in [-0.2, 0) is 9.53 Å². The molecule has 1 saturated heterocycles. The number of amidine groups is 1. The van der Waals surface area contributed by atoms with E-state index in [0.29, 0.717) is 36.4 Å². The second kappa shape index (κ2) is 6.17. The zero-order valence-electron chi connectivity index (χ0n) is 11.0. The van der Waals surface area contributed by atoms with Gasteiger partial charge in [-0.1, -0.05) is 17.7 Å². The summed E-state index contributed by atoms with van der Waals surface area (Å²) >= 11 is 7.22. The van der Waals surface area contributed by atoms with Crippen molar-refractivity contribution in [2.24, 2.45) is 4.99 Å². The molecule has 1 fully saturated rings. The van der Waals surface area contributed by atoms with Crippen molar-refractivity contribution in [3.05, 3.63) is 39.5 Å². The fourth-order valence-corrected chi connectivity index (χ4v) is 3.23. The first-order valence-electron chi connectivity index (χ1n) is 6.44. The highest BCUT2D eigenvalue weighted by atomic mass is 35.5. The van der Waals surface area contributed by atoms with E-state index in [-0.39, 0.29) is 16.5 Å². The molecule has 110 valence electrons. The molecule has 0 atom stereocenters. The third-order valence-electron chi connectivity index (χ3n) is 3.17. The Balaban J connectivity index is 1.82. The maximum absolute atomic E-state index is 13.8. The summed E-state index contributed by atoms with van der Waals surface area (Å²) in [6, 6.07) is 4.43. The van der Waals surface area contributed by atoms with Gasteiger partial charge in [0.15, 0.2) is 5.17 Å². The van der Waals surface area contributed by atoms with Crippen LogP contribution in [-0.4, -0.2) is 42.3 Å². The predicted octanol–water partition coefficient (Wildman–Crippen LogP) is 2.78. The summed E-state index contributed by atoms with van der Waals surface area (Å²) in [5, 5.41) is 0.915. The highest BCUT2D eigenvalue weighted by Crippen LogP contribution is 2.32. The number of hydrogen-bond acceptors (Lipinski definition) is 4. The van der Waals surface area contributed by atoms with Gasteiger partial charge < -0.3 is 9.64 Å². The molecule has 0 bridgehead atoms. The lowest BCUT2D eigenvalue weighted by atomic mass is 10.2. The van der Waals surface area contributed by atoms with Crippen LogP contribution in [0.25, 0.3) is 6.08 Å². The van der Waals surface area contributed by atoms with Gasteiger partial charge >= 0.3 is 0 Å². The monoisotopic (exact) mass is 326 g/mol. The minimum Gasteiger partial charge on any atom is -0.378 e. The minimum atomic E-state index is -0.455. The van der Waals surface area contributed by atoms with Crippen LogP contribution >= 0.6 is 23.4 Å². The molecule has 0 N–H and O–H groups in total. The number of carbonyl (C=O) groups is 1. The first kappa shape index (κ1) is 14.6. The molecule has 0 unspecified atom stereocenters. The number of morpholine rings is 1. The van der Waals surface area contributed by atoms with Gasteiger partial charge in [0.25, 0.3) is 5.91 Å². The molecular weight excluding hydrogens is 315 g/mol. The average Bonchev–Trinajstić information content (AvgIpc) is 2.85. The Labute approximate surface area is 130 Å². The van der Waals surface area contributed by atoms with Crippen molar-refractivity contribution in [3.63, 3.8) is 0 Å². The van der Waals surface area contributed by atoms with Crippen molar-refractivity contribution in [1.82, 2.24) is 4.90 Å². The Morgan fingerprint density at radius 1 is 1.38 bits per heavy atom. The predicted molar refractivity (Wildman–Crippen MR) is 81.8 cm³/mol. The highest BCUT2D eigenvalue weighted by Gasteiger charge is 2.27. The summed E-state index contributed by atoms with van der Waals surface area (Å²) < 4.78 is 19.0. The molecule has 2 aliphatic heterocycles. The Morgan fingerprint density at radius 2 is 2.14 bits per heavy atom. The standard InChI is InChI=1S/C14H12ClFN2O2S/c15-10-2-1-3-11(16)9(10)8-12-13(19)17-14(21-12)18-4-6-20-7-5-18/h1-3,8H,4-7H2/b12-8+. The topological polar surface area (TPSA) is 41.9 Å². The van der Waals surface area contributed by atoms with Crippen molar-refractivity contribution < 1.29 is 13.9 Å². The van der Waals surface area contributed by atoms with E-state index in [1.54, 1.807) is 6.07 Å². The summed E-state index contributed by atoms with van der Waals surface area (Å²) in [4.78, 5) is 18.4. The number of amides is 1. The molecule has 1 aromatic carbocycles. The van der Waals surface area contributed by atoms with E-state index >= 15 is 0 Å². The van der Waals surface area contributed by atoms with Crippen LogP contribution in [0.5, 0.6) is 0 Å². The molecule has 1 aromatic rings. The van der Waals surface area contributed by atoms with Crippen LogP contribution in [0, 0.1) is 5.82 Å².